The van der Waals surface area contributed by atoms with Crippen LogP contribution in [0.2, 0.25) is 0 Å². The number of hydrogen-bond acceptors (Lipinski definition) is 4. The lowest BCUT2D eigenvalue weighted by Crippen LogP contribution is -2.17. The van der Waals surface area contributed by atoms with Crippen LogP contribution in [0.3, 0.4) is 0 Å². The highest BCUT2D eigenvalue weighted by molar-refractivity contribution is 7.12. The molecule has 2 aromatic heterocycles. The average Bonchev–Trinajstić information content (AvgIpc) is 3.02. The molecule has 22 heavy (non-hydrogen) atoms. The van der Waals surface area contributed by atoms with Crippen LogP contribution < -0.4 is 5.32 Å². The first-order chi connectivity index (χ1) is 10.4. The van der Waals surface area contributed by atoms with Gasteiger partial charge in [0.25, 0.3) is 0 Å². The van der Waals surface area contributed by atoms with E-state index in [0.717, 1.165) is 15.3 Å². The predicted molar refractivity (Wildman–Crippen MR) is 88.6 cm³/mol. The number of rotatable bonds is 6. The van der Waals surface area contributed by atoms with Crippen LogP contribution in [0.25, 0.3) is 0 Å². The first kappa shape index (κ1) is 16.4. The second-order valence-electron chi connectivity index (χ2n) is 5.55. The summed E-state index contributed by atoms with van der Waals surface area (Å²) in [6.07, 6.45) is 2.05. The van der Waals surface area contributed by atoms with Gasteiger partial charge in [-0.3, -0.25) is 9.59 Å². The molecule has 2 rings (SSSR count). The fraction of sp³-hybridized carbons (Fsp3) is 0.438. The number of carbonyl (C=O) groups excluding carboxylic acids is 2. The first-order valence-electron chi connectivity index (χ1n) is 7.32. The molecule has 0 saturated carbocycles. The van der Waals surface area contributed by atoms with Crippen molar-refractivity contribution < 1.29 is 9.59 Å². The number of carbonyl (C=O) groups is 2. The highest BCUT2D eigenvalue weighted by atomic mass is 32.1. The molecule has 0 fully saturated rings. The minimum Gasteiger partial charge on any atom is -0.311 e. The summed E-state index contributed by atoms with van der Waals surface area (Å²) in [6.45, 7) is 7.90. The number of anilines is 1. The maximum atomic E-state index is 12.2. The van der Waals surface area contributed by atoms with Crippen LogP contribution in [-0.2, 0) is 4.79 Å². The summed E-state index contributed by atoms with van der Waals surface area (Å²) in [5.41, 5.74) is 0.738. The Bertz CT molecular complexity index is 685. The van der Waals surface area contributed by atoms with Gasteiger partial charge in [0, 0.05) is 40.3 Å². The molecule has 0 saturated heterocycles. The summed E-state index contributed by atoms with van der Waals surface area (Å²) >= 11 is 1.61. The second-order valence-corrected chi connectivity index (χ2v) is 7.01. The van der Waals surface area contributed by atoms with Crippen LogP contribution >= 0.6 is 11.3 Å². The Labute approximate surface area is 134 Å². The lowest BCUT2D eigenvalue weighted by Gasteiger charge is -2.11. The number of nitrogens with zero attached hydrogens (tertiary/aromatic N) is 2. The van der Waals surface area contributed by atoms with Crippen molar-refractivity contribution in [1.82, 2.24) is 9.78 Å². The Morgan fingerprint density at radius 2 is 2.05 bits per heavy atom. The van der Waals surface area contributed by atoms with E-state index < -0.39 is 0 Å². The van der Waals surface area contributed by atoms with Gasteiger partial charge in [-0.2, -0.15) is 5.10 Å². The van der Waals surface area contributed by atoms with E-state index in [1.807, 2.05) is 33.8 Å². The van der Waals surface area contributed by atoms with Gasteiger partial charge in [0.15, 0.2) is 5.78 Å². The molecule has 0 unspecified atom stereocenters. The normalized spacial score (nSPS) is 11.0. The van der Waals surface area contributed by atoms with Crippen molar-refractivity contribution in [1.29, 1.82) is 0 Å². The molecule has 2 aromatic rings. The third kappa shape index (κ3) is 3.82. The van der Waals surface area contributed by atoms with Gasteiger partial charge in [0.1, 0.15) is 5.82 Å². The standard InChI is InChI=1S/C16H21N3O2S/c1-10(2)19-15(7-8-17-19)18-16(21)6-5-14(20)13-9-11(3)22-12(13)4/h7-10H,5-6H2,1-4H3,(H,18,21). The van der Waals surface area contributed by atoms with Gasteiger partial charge in [0.05, 0.1) is 6.20 Å². The molecule has 118 valence electrons. The number of thiophene rings is 1. The van der Waals surface area contributed by atoms with Crippen LogP contribution in [0.15, 0.2) is 18.3 Å². The van der Waals surface area contributed by atoms with Crippen molar-refractivity contribution in [3.05, 3.63) is 33.6 Å². The van der Waals surface area contributed by atoms with Crippen LogP contribution in [-0.4, -0.2) is 21.5 Å². The van der Waals surface area contributed by atoms with Crippen molar-refractivity contribution in [2.75, 3.05) is 5.32 Å². The molecule has 2 heterocycles. The Morgan fingerprint density at radius 1 is 1.32 bits per heavy atom. The van der Waals surface area contributed by atoms with Gasteiger partial charge in [-0.05, 0) is 33.8 Å². The van der Waals surface area contributed by atoms with E-state index >= 15 is 0 Å². The van der Waals surface area contributed by atoms with Crippen LogP contribution in [0, 0.1) is 13.8 Å². The van der Waals surface area contributed by atoms with Crippen LogP contribution in [0.4, 0.5) is 5.82 Å². The smallest absolute Gasteiger partial charge is 0.225 e. The lowest BCUT2D eigenvalue weighted by molar-refractivity contribution is -0.116. The minimum absolute atomic E-state index is 0.0226. The number of ketones is 1. The summed E-state index contributed by atoms with van der Waals surface area (Å²) in [5, 5.41) is 6.97. The maximum Gasteiger partial charge on any atom is 0.225 e. The molecule has 0 aliphatic rings. The third-order valence-electron chi connectivity index (χ3n) is 3.35. The van der Waals surface area contributed by atoms with Gasteiger partial charge in [-0.15, -0.1) is 11.3 Å². The predicted octanol–water partition coefficient (Wildman–Crippen LogP) is 3.74. The Hall–Kier alpha value is -1.95. The van der Waals surface area contributed by atoms with Crippen molar-refractivity contribution in [2.24, 2.45) is 0 Å². The molecule has 0 aliphatic heterocycles. The fourth-order valence-electron chi connectivity index (χ4n) is 2.30. The molecular formula is C16H21N3O2S. The van der Waals surface area contributed by atoms with E-state index in [9.17, 15) is 9.59 Å². The number of hydrogen-bond donors (Lipinski definition) is 1. The molecule has 1 amide bonds. The monoisotopic (exact) mass is 319 g/mol. The van der Waals surface area contributed by atoms with E-state index in [1.54, 1.807) is 28.3 Å². The maximum absolute atomic E-state index is 12.2. The number of amides is 1. The summed E-state index contributed by atoms with van der Waals surface area (Å²) in [4.78, 5) is 26.3. The van der Waals surface area contributed by atoms with Crippen molar-refractivity contribution in [2.45, 2.75) is 46.6 Å². The minimum atomic E-state index is -0.166. The van der Waals surface area contributed by atoms with E-state index in [0.29, 0.717) is 5.82 Å². The van der Waals surface area contributed by atoms with Gasteiger partial charge in [0.2, 0.25) is 5.91 Å². The summed E-state index contributed by atoms with van der Waals surface area (Å²) in [7, 11) is 0. The molecule has 0 aliphatic carbocycles. The quantitative estimate of drug-likeness (QED) is 0.825. The highest BCUT2D eigenvalue weighted by Gasteiger charge is 2.15. The number of aryl methyl sites for hydroxylation is 2. The lowest BCUT2D eigenvalue weighted by atomic mass is 10.1. The zero-order chi connectivity index (χ0) is 16.3. The Balaban J connectivity index is 1.91. The van der Waals surface area contributed by atoms with E-state index in [2.05, 4.69) is 10.4 Å². The van der Waals surface area contributed by atoms with Crippen LogP contribution in [0.5, 0.6) is 0 Å². The van der Waals surface area contributed by atoms with E-state index in [-0.39, 0.29) is 30.6 Å². The molecule has 0 radical (unpaired) electrons. The number of nitrogens with one attached hydrogen (secondary N) is 1. The van der Waals surface area contributed by atoms with Crippen molar-refractivity contribution in [3.8, 4) is 0 Å². The molecule has 6 heteroatoms. The second kappa shape index (κ2) is 6.87. The third-order valence-corrected chi connectivity index (χ3v) is 4.31. The van der Waals surface area contributed by atoms with Gasteiger partial charge in [-0.25, -0.2) is 4.68 Å². The van der Waals surface area contributed by atoms with E-state index in [4.69, 9.17) is 0 Å². The molecule has 0 spiro atoms. The topological polar surface area (TPSA) is 64.0 Å². The molecular weight excluding hydrogens is 298 g/mol. The van der Waals surface area contributed by atoms with E-state index in [1.165, 1.54) is 0 Å². The Kier molecular flexibility index (Phi) is 5.13. The zero-order valence-electron chi connectivity index (χ0n) is 13.3. The SMILES string of the molecule is Cc1cc(C(=O)CCC(=O)Nc2ccnn2C(C)C)c(C)s1. The largest absolute Gasteiger partial charge is 0.311 e. The first-order valence-corrected chi connectivity index (χ1v) is 8.13. The van der Waals surface area contributed by atoms with Gasteiger partial charge >= 0.3 is 0 Å². The summed E-state index contributed by atoms with van der Waals surface area (Å²) < 4.78 is 1.74. The van der Waals surface area contributed by atoms with Crippen LogP contribution in [0.1, 0.15) is 52.8 Å². The van der Waals surface area contributed by atoms with Gasteiger partial charge in [-0.1, -0.05) is 0 Å². The summed E-state index contributed by atoms with van der Waals surface area (Å²) in [6, 6.07) is 3.82. The van der Waals surface area contributed by atoms with Gasteiger partial charge < -0.3 is 5.32 Å². The number of Topliss-reactive ketones (excluding diaryl/α,β-unsaturated/α-hetero) is 1. The Morgan fingerprint density at radius 3 is 2.64 bits per heavy atom. The van der Waals surface area contributed by atoms with Crippen molar-refractivity contribution >= 4 is 28.8 Å². The highest BCUT2D eigenvalue weighted by Crippen LogP contribution is 2.22. The molecule has 0 bridgehead atoms. The molecule has 1 N–H and O–H groups in total. The summed E-state index contributed by atoms with van der Waals surface area (Å²) in [5.74, 6) is 0.518. The fourth-order valence-corrected chi connectivity index (χ4v) is 3.24. The number of aromatic nitrogens is 2. The average molecular weight is 319 g/mol. The molecule has 0 atom stereocenters. The zero-order valence-corrected chi connectivity index (χ0v) is 14.2. The van der Waals surface area contributed by atoms with Crippen molar-refractivity contribution in [3.63, 3.8) is 0 Å². The molecule has 0 aromatic carbocycles. The molecule has 5 nitrogen and oxygen atoms in total.